The van der Waals surface area contributed by atoms with E-state index in [0.29, 0.717) is 0 Å². The third kappa shape index (κ3) is 3.11. The Kier molecular flexibility index (Phi) is 4.77. The first-order valence-corrected chi connectivity index (χ1v) is 7.15. The zero-order chi connectivity index (χ0) is 13.0. The first kappa shape index (κ1) is 13.5. The van der Waals surface area contributed by atoms with Crippen LogP contribution in [0.2, 0.25) is 0 Å². The lowest BCUT2D eigenvalue weighted by molar-refractivity contribution is 0.495. The number of aryl methyl sites for hydroxylation is 2. The van der Waals surface area contributed by atoms with Gasteiger partial charge in [0.2, 0.25) is 0 Å². The van der Waals surface area contributed by atoms with Gasteiger partial charge in [0.1, 0.15) is 0 Å². The van der Waals surface area contributed by atoms with Crippen molar-refractivity contribution in [1.29, 1.82) is 0 Å². The molecule has 18 heavy (non-hydrogen) atoms. The zero-order valence-corrected chi connectivity index (χ0v) is 12.8. The fourth-order valence-corrected chi connectivity index (χ4v) is 2.43. The monoisotopic (exact) mass is 356 g/mol. The van der Waals surface area contributed by atoms with Gasteiger partial charge in [0.05, 0.1) is 6.20 Å². The molecule has 4 heteroatoms. The van der Waals surface area contributed by atoms with Crippen molar-refractivity contribution in [2.75, 3.05) is 13.6 Å². The van der Waals surface area contributed by atoms with E-state index in [1.54, 1.807) is 0 Å². The summed E-state index contributed by atoms with van der Waals surface area (Å²) >= 11 is 2.35. The summed E-state index contributed by atoms with van der Waals surface area (Å²) in [5.41, 5.74) is 2.39. The number of hydrogen-bond donors (Lipinski definition) is 1. The van der Waals surface area contributed by atoms with Gasteiger partial charge in [-0.05, 0) is 55.1 Å². The van der Waals surface area contributed by atoms with E-state index in [0.717, 1.165) is 36.6 Å². The first-order chi connectivity index (χ1) is 8.72. The standard InChI is InChI=1S/C14H17IN2O/c1-10-5-3-6-11(14(10)15)12-9-17-13(18-12)7-4-8-16-2/h3,5-6,9,16H,4,7-8H2,1-2H3. The highest BCUT2D eigenvalue weighted by Crippen LogP contribution is 2.28. The lowest BCUT2D eigenvalue weighted by Gasteiger charge is -2.03. The van der Waals surface area contributed by atoms with Gasteiger partial charge in [-0.2, -0.15) is 0 Å². The highest BCUT2D eigenvalue weighted by Gasteiger charge is 2.10. The van der Waals surface area contributed by atoms with E-state index in [-0.39, 0.29) is 0 Å². The number of oxazole rings is 1. The predicted molar refractivity (Wildman–Crippen MR) is 81.6 cm³/mol. The molecule has 0 radical (unpaired) electrons. The molecule has 0 atom stereocenters. The Morgan fingerprint density at radius 2 is 2.22 bits per heavy atom. The lowest BCUT2D eigenvalue weighted by Crippen LogP contribution is -2.08. The SMILES string of the molecule is CNCCCc1ncc(-c2cccc(C)c2I)o1. The molecule has 0 spiro atoms. The molecule has 0 fully saturated rings. The molecule has 0 aliphatic heterocycles. The van der Waals surface area contributed by atoms with E-state index in [2.05, 4.69) is 58.0 Å². The smallest absolute Gasteiger partial charge is 0.194 e. The summed E-state index contributed by atoms with van der Waals surface area (Å²) in [6.07, 6.45) is 3.75. The highest BCUT2D eigenvalue weighted by molar-refractivity contribution is 14.1. The van der Waals surface area contributed by atoms with Gasteiger partial charge in [-0.25, -0.2) is 4.98 Å². The number of aromatic nitrogens is 1. The Balaban J connectivity index is 2.16. The fourth-order valence-electron chi connectivity index (χ4n) is 1.80. The van der Waals surface area contributed by atoms with E-state index in [1.807, 2.05) is 13.2 Å². The van der Waals surface area contributed by atoms with Crippen molar-refractivity contribution in [2.45, 2.75) is 19.8 Å². The summed E-state index contributed by atoms with van der Waals surface area (Å²) in [6.45, 7) is 3.09. The molecule has 0 unspecified atom stereocenters. The topological polar surface area (TPSA) is 38.1 Å². The van der Waals surface area contributed by atoms with Gasteiger partial charge >= 0.3 is 0 Å². The van der Waals surface area contributed by atoms with Crippen molar-refractivity contribution >= 4 is 22.6 Å². The molecule has 1 aromatic carbocycles. The Bertz CT molecular complexity index is 522. The summed E-state index contributed by atoms with van der Waals surface area (Å²) in [4.78, 5) is 4.34. The van der Waals surface area contributed by atoms with Crippen LogP contribution in [0.15, 0.2) is 28.8 Å². The second-order valence-electron chi connectivity index (χ2n) is 4.26. The summed E-state index contributed by atoms with van der Waals surface area (Å²) in [5.74, 6) is 1.68. The largest absolute Gasteiger partial charge is 0.441 e. The van der Waals surface area contributed by atoms with E-state index < -0.39 is 0 Å². The first-order valence-electron chi connectivity index (χ1n) is 6.07. The molecule has 3 nitrogen and oxygen atoms in total. The molecule has 1 aromatic heterocycles. The number of benzene rings is 1. The van der Waals surface area contributed by atoms with E-state index in [4.69, 9.17) is 4.42 Å². The average Bonchev–Trinajstić information content (AvgIpc) is 2.82. The molecule has 0 bridgehead atoms. The maximum absolute atomic E-state index is 5.81. The van der Waals surface area contributed by atoms with Crippen LogP contribution in [0.5, 0.6) is 0 Å². The summed E-state index contributed by atoms with van der Waals surface area (Å²) in [6, 6.07) is 6.23. The predicted octanol–water partition coefficient (Wildman–Crippen LogP) is 3.41. The molecule has 2 aromatic rings. The Morgan fingerprint density at radius 3 is 3.00 bits per heavy atom. The van der Waals surface area contributed by atoms with Crippen LogP contribution < -0.4 is 5.32 Å². The Labute approximate surface area is 121 Å². The number of nitrogens with one attached hydrogen (secondary N) is 1. The van der Waals surface area contributed by atoms with Gasteiger partial charge in [-0.15, -0.1) is 0 Å². The molecule has 0 saturated heterocycles. The van der Waals surface area contributed by atoms with Gasteiger partial charge in [-0.3, -0.25) is 0 Å². The van der Waals surface area contributed by atoms with Crippen molar-refractivity contribution in [3.63, 3.8) is 0 Å². The van der Waals surface area contributed by atoms with Crippen molar-refractivity contribution < 1.29 is 4.42 Å². The number of rotatable bonds is 5. The van der Waals surface area contributed by atoms with Crippen LogP contribution in [-0.2, 0) is 6.42 Å². The third-order valence-electron chi connectivity index (χ3n) is 2.83. The number of hydrogen-bond acceptors (Lipinski definition) is 3. The molecule has 2 rings (SSSR count). The van der Waals surface area contributed by atoms with Gasteiger partial charge in [-0.1, -0.05) is 18.2 Å². The normalized spacial score (nSPS) is 10.8. The van der Waals surface area contributed by atoms with Crippen LogP contribution >= 0.6 is 22.6 Å². The van der Waals surface area contributed by atoms with Gasteiger partial charge < -0.3 is 9.73 Å². The zero-order valence-electron chi connectivity index (χ0n) is 10.7. The second kappa shape index (κ2) is 6.33. The summed E-state index contributed by atoms with van der Waals surface area (Å²) in [7, 11) is 1.95. The molecule has 0 aliphatic rings. The Morgan fingerprint density at radius 1 is 1.39 bits per heavy atom. The van der Waals surface area contributed by atoms with Crippen LogP contribution in [0.25, 0.3) is 11.3 Å². The van der Waals surface area contributed by atoms with Crippen LogP contribution in [0.3, 0.4) is 0 Å². The maximum Gasteiger partial charge on any atom is 0.194 e. The molecule has 0 aliphatic carbocycles. The van der Waals surface area contributed by atoms with Crippen molar-refractivity contribution in [1.82, 2.24) is 10.3 Å². The fraction of sp³-hybridized carbons (Fsp3) is 0.357. The average molecular weight is 356 g/mol. The quantitative estimate of drug-likeness (QED) is 0.659. The third-order valence-corrected chi connectivity index (χ3v) is 4.26. The van der Waals surface area contributed by atoms with Crippen molar-refractivity contribution in [3.05, 3.63) is 39.4 Å². The molecule has 0 amide bonds. The Hall–Kier alpha value is -0.880. The molecule has 1 N–H and O–H groups in total. The molecule has 1 heterocycles. The molecular weight excluding hydrogens is 339 g/mol. The van der Waals surface area contributed by atoms with Crippen molar-refractivity contribution in [3.8, 4) is 11.3 Å². The molecule has 96 valence electrons. The summed E-state index contributed by atoms with van der Waals surface area (Å²) in [5, 5.41) is 3.12. The number of nitrogens with zero attached hydrogens (tertiary/aromatic N) is 1. The second-order valence-corrected chi connectivity index (χ2v) is 5.34. The van der Waals surface area contributed by atoms with Crippen LogP contribution in [-0.4, -0.2) is 18.6 Å². The van der Waals surface area contributed by atoms with E-state index in [9.17, 15) is 0 Å². The van der Waals surface area contributed by atoms with Gasteiger partial charge in [0.15, 0.2) is 11.7 Å². The van der Waals surface area contributed by atoms with Gasteiger partial charge in [0.25, 0.3) is 0 Å². The van der Waals surface area contributed by atoms with Crippen molar-refractivity contribution in [2.24, 2.45) is 0 Å². The van der Waals surface area contributed by atoms with E-state index in [1.165, 1.54) is 9.13 Å². The minimum absolute atomic E-state index is 0.817. The minimum Gasteiger partial charge on any atom is -0.441 e. The van der Waals surface area contributed by atoms with Gasteiger partial charge in [0, 0.05) is 15.6 Å². The molecular formula is C14H17IN2O. The van der Waals surface area contributed by atoms with Crippen LogP contribution in [0.1, 0.15) is 17.9 Å². The maximum atomic E-state index is 5.81. The minimum atomic E-state index is 0.817. The molecule has 0 saturated carbocycles. The highest BCUT2D eigenvalue weighted by atomic mass is 127. The lowest BCUT2D eigenvalue weighted by atomic mass is 10.1. The number of halogens is 1. The summed E-state index contributed by atoms with van der Waals surface area (Å²) < 4.78 is 7.04. The van der Waals surface area contributed by atoms with E-state index >= 15 is 0 Å². The van der Waals surface area contributed by atoms with Crippen LogP contribution in [0, 0.1) is 10.5 Å². The van der Waals surface area contributed by atoms with Crippen LogP contribution in [0.4, 0.5) is 0 Å².